The molecule has 1 aliphatic heterocycles. The largest absolute Gasteiger partial charge is 0.372 e. The van der Waals surface area contributed by atoms with Gasteiger partial charge in [0.05, 0.1) is 5.69 Å². The van der Waals surface area contributed by atoms with Gasteiger partial charge in [0.15, 0.2) is 5.60 Å². The molecule has 0 spiro atoms. The second kappa shape index (κ2) is 7.31. The van der Waals surface area contributed by atoms with E-state index in [2.05, 4.69) is 5.32 Å². The van der Waals surface area contributed by atoms with Crippen LogP contribution in [-0.4, -0.2) is 23.5 Å². The summed E-state index contributed by atoms with van der Waals surface area (Å²) in [5.74, 6) is -1.75. The van der Waals surface area contributed by atoms with E-state index in [4.69, 9.17) is 11.6 Å². The molecule has 0 fully saturated rings. The van der Waals surface area contributed by atoms with Gasteiger partial charge in [-0.15, -0.1) is 0 Å². The first-order chi connectivity index (χ1) is 13.9. The Kier molecular flexibility index (Phi) is 4.82. The molecule has 5 nitrogen and oxygen atoms in total. The van der Waals surface area contributed by atoms with E-state index in [1.54, 1.807) is 48.5 Å². The highest BCUT2D eigenvalue weighted by Crippen LogP contribution is 2.44. The standard InChI is InChI=1S/C22H16ClFN2O3/c23-15-6-4-8-17(12-15)25-20(27)13-26-19-10-2-1-9-18(19)22(29,21(26)28)14-5-3-7-16(24)11-14/h1-12,29H,13H2,(H,25,27)/t22-/m0/s1. The van der Waals surface area contributed by atoms with Crippen LogP contribution in [0.25, 0.3) is 0 Å². The van der Waals surface area contributed by atoms with Crippen LogP contribution in [0.1, 0.15) is 11.1 Å². The van der Waals surface area contributed by atoms with Crippen molar-refractivity contribution in [2.24, 2.45) is 0 Å². The zero-order valence-corrected chi connectivity index (χ0v) is 15.9. The van der Waals surface area contributed by atoms with Crippen molar-refractivity contribution >= 4 is 34.8 Å². The lowest BCUT2D eigenvalue weighted by atomic mass is 9.87. The fraction of sp³-hybridized carbons (Fsp3) is 0.0909. The zero-order chi connectivity index (χ0) is 20.6. The number of hydrogen-bond acceptors (Lipinski definition) is 3. The quantitative estimate of drug-likeness (QED) is 0.689. The lowest BCUT2D eigenvalue weighted by molar-refractivity contribution is -0.133. The van der Waals surface area contributed by atoms with Gasteiger partial charge in [-0.1, -0.05) is 48.0 Å². The average molecular weight is 411 g/mol. The Hall–Kier alpha value is -3.22. The first-order valence-electron chi connectivity index (χ1n) is 8.85. The minimum absolute atomic E-state index is 0.104. The normalized spacial score (nSPS) is 17.9. The maximum atomic E-state index is 13.8. The minimum Gasteiger partial charge on any atom is -0.372 e. The van der Waals surface area contributed by atoms with Crippen molar-refractivity contribution < 1.29 is 19.1 Å². The summed E-state index contributed by atoms with van der Waals surface area (Å²) < 4.78 is 13.8. The van der Waals surface area contributed by atoms with Crippen LogP contribution in [0.3, 0.4) is 0 Å². The Bertz CT molecular complexity index is 1120. The summed E-state index contributed by atoms with van der Waals surface area (Å²) in [7, 11) is 0. The fourth-order valence-corrected chi connectivity index (χ4v) is 3.69. The van der Waals surface area contributed by atoms with Crippen molar-refractivity contribution in [3.63, 3.8) is 0 Å². The van der Waals surface area contributed by atoms with Crippen LogP contribution in [0.15, 0.2) is 72.8 Å². The van der Waals surface area contributed by atoms with Crippen LogP contribution >= 0.6 is 11.6 Å². The van der Waals surface area contributed by atoms with Crippen molar-refractivity contribution in [2.45, 2.75) is 5.60 Å². The molecule has 0 saturated heterocycles. The molecule has 2 N–H and O–H groups in total. The first-order valence-corrected chi connectivity index (χ1v) is 9.22. The topological polar surface area (TPSA) is 69.6 Å². The van der Waals surface area contributed by atoms with Gasteiger partial charge in [0, 0.05) is 21.8 Å². The van der Waals surface area contributed by atoms with E-state index in [0.717, 1.165) is 6.07 Å². The monoisotopic (exact) mass is 410 g/mol. The molecule has 3 aromatic carbocycles. The Morgan fingerprint density at radius 2 is 1.83 bits per heavy atom. The smallest absolute Gasteiger partial charge is 0.268 e. The zero-order valence-electron chi connectivity index (χ0n) is 15.1. The summed E-state index contributed by atoms with van der Waals surface area (Å²) >= 11 is 5.93. The van der Waals surface area contributed by atoms with Crippen molar-refractivity contribution in [3.8, 4) is 0 Å². The van der Waals surface area contributed by atoms with E-state index in [9.17, 15) is 19.1 Å². The first kappa shape index (κ1) is 19.1. The Balaban J connectivity index is 1.67. The maximum Gasteiger partial charge on any atom is 0.268 e. The van der Waals surface area contributed by atoms with E-state index < -0.39 is 23.2 Å². The highest BCUT2D eigenvalue weighted by atomic mass is 35.5. The fourth-order valence-electron chi connectivity index (χ4n) is 3.49. The number of carbonyl (C=O) groups is 2. The Morgan fingerprint density at radius 1 is 1.07 bits per heavy atom. The van der Waals surface area contributed by atoms with Crippen molar-refractivity contribution in [2.75, 3.05) is 16.8 Å². The van der Waals surface area contributed by atoms with Crippen LogP contribution in [0.4, 0.5) is 15.8 Å². The van der Waals surface area contributed by atoms with E-state index in [1.165, 1.54) is 23.1 Å². The Labute approximate surface area is 171 Å². The van der Waals surface area contributed by atoms with Gasteiger partial charge in [-0.05, 0) is 36.4 Å². The van der Waals surface area contributed by atoms with Gasteiger partial charge in [-0.2, -0.15) is 0 Å². The number of aliphatic hydroxyl groups is 1. The number of benzene rings is 3. The molecule has 3 aromatic rings. The molecular weight excluding hydrogens is 395 g/mol. The number of anilines is 2. The summed E-state index contributed by atoms with van der Waals surface area (Å²) in [6, 6.07) is 18.5. The predicted molar refractivity (Wildman–Crippen MR) is 108 cm³/mol. The van der Waals surface area contributed by atoms with Gasteiger partial charge in [0.2, 0.25) is 5.91 Å². The van der Waals surface area contributed by atoms with E-state index in [0.29, 0.717) is 22.0 Å². The molecule has 0 unspecified atom stereocenters. The second-order valence-electron chi connectivity index (χ2n) is 6.69. The molecule has 0 radical (unpaired) electrons. The van der Waals surface area contributed by atoms with Gasteiger partial charge < -0.3 is 10.4 Å². The summed E-state index contributed by atoms with van der Waals surface area (Å²) in [6.45, 7) is -0.319. The number of nitrogens with one attached hydrogen (secondary N) is 1. The molecule has 29 heavy (non-hydrogen) atoms. The summed E-state index contributed by atoms with van der Waals surface area (Å²) in [4.78, 5) is 26.9. The van der Waals surface area contributed by atoms with Crippen LogP contribution in [0.5, 0.6) is 0 Å². The highest BCUT2D eigenvalue weighted by molar-refractivity contribution is 6.30. The summed E-state index contributed by atoms with van der Waals surface area (Å²) in [5.41, 5.74) is -0.790. The Morgan fingerprint density at radius 3 is 2.59 bits per heavy atom. The molecule has 0 aromatic heterocycles. The van der Waals surface area contributed by atoms with Gasteiger partial charge in [0.25, 0.3) is 5.91 Å². The number of fused-ring (bicyclic) bond motifs is 1. The number of amides is 2. The summed E-state index contributed by atoms with van der Waals surface area (Å²) in [6.07, 6.45) is 0. The van der Waals surface area contributed by atoms with Crippen molar-refractivity contribution in [1.29, 1.82) is 0 Å². The summed E-state index contributed by atoms with van der Waals surface area (Å²) in [5, 5.41) is 14.5. The SMILES string of the molecule is O=C(CN1C(=O)[C@](O)(c2cccc(F)c2)c2ccccc21)Nc1cccc(Cl)c1. The predicted octanol–water partition coefficient (Wildman–Crippen LogP) is 3.70. The van der Waals surface area contributed by atoms with Crippen LogP contribution in [0, 0.1) is 5.82 Å². The number of nitrogens with zero attached hydrogens (tertiary/aromatic N) is 1. The third kappa shape index (κ3) is 3.37. The number of halogens is 2. The molecule has 0 saturated carbocycles. The molecular formula is C22H16ClFN2O3. The maximum absolute atomic E-state index is 13.8. The molecule has 1 heterocycles. The second-order valence-corrected chi connectivity index (χ2v) is 7.12. The molecule has 1 atom stereocenters. The number of para-hydroxylation sites is 1. The molecule has 2 amide bonds. The van der Waals surface area contributed by atoms with E-state index in [1.807, 2.05) is 0 Å². The molecule has 0 bridgehead atoms. The van der Waals surface area contributed by atoms with Crippen LogP contribution in [0.2, 0.25) is 5.02 Å². The van der Waals surface area contributed by atoms with Gasteiger partial charge >= 0.3 is 0 Å². The number of hydrogen-bond donors (Lipinski definition) is 2. The van der Waals surface area contributed by atoms with Crippen LogP contribution < -0.4 is 10.2 Å². The van der Waals surface area contributed by atoms with Crippen molar-refractivity contribution in [3.05, 3.63) is 94.8 Å². The van der Waals surface area contributed by atoms with E-state index >= 15 is 0 Å². The van der Waals surface area contributed by atoms with E-state index in [-0.39, 0.29) is 12.1 Å². The average Bonchev–Trinajstić information content (AvgIpc) is 2.91. The van der Waals surface area contributed by atoms with Crippen LogP contribution in [-0.2, 0) is 15.2 Å². The van der Waals surface area contributed by atoms with Gasteiger partial charge in [-0.25, -0.2) is 4.39 Å². The molecule has 0 aliphatic carbocycles. The van der Waals surface area contributed by atoms with Gasteiger partial charge in [-0.3, -0.25) is 14.5 Å². The highest BCUT2D eigenvalue weighted by Gasteiger charge is 2.51. The lowest BCUT2D eigenvalue weighted by Gasteiger charge is -2.23. The minimum atomic E-state index is -2.07. The molecule has 146 valence electrons. The lowest BCUT2D eigenvalue weighted by Crippen LogP contribution is -2.44. The number of rotatable bonds is 4. The third-order valence-electron chi connectivity index (χ3n) is 4.79. The molecule has 4 rings (SSSR count). The molecule has 7 heteroatoms. The molecule has 1 aliphatic rings. The third-order valence-corrected chi connectivity index (χ3v) is 5.03. The van der Waals surface area contributed by atoms with Crippen molar-refractivity contribution in [1.82, 2.24) is 0 Å². The number of carbonyl (C=O) groups excluding carboxylic acids is 2. The van der Waals surface area contributed by atoms with Gasteiger partial charge in [0.1, 0.15) is 12.4 Å².